The smallest absolute Gasteiger partial charge is 0.294 e. The van der Waals surface area contributed by atoms with Crippen molar-refractivity contribution in [3.8, 4) is 5.69 Å². The van der Waals surface area contributed by atoms with Crippen LogP contribution in [0.15, 0.2) is 35.2 Å². The molecule has 10 heteroatoms. The van der Waals surface area contributed by atoms with Crippen LogP contribution >= 0.6 is 11.8 Å². The van der Waals surface area contributed by atoms with E-state index in [0.29, 0.717) is 6.54 Å². The zero-order valence-corrected chi connectivity index (χ0v) is 18.2. The summed E-state index contributed by atoms with van der Waals surface area (Å²) in [5.74, 6) is -0.872. The lowest BCUT2D eigenvalue weighted by molar-refractivity contribution is -0.384. The highest BCUT2D eigenvalue weighted by Crippen LogP contribution is 2.33. The summed E-state index contributed by atoms with van der Waals surface area (Å²) in [6.07, 6.45) is 2.40. The summed E-state index contributed by atoms with van der Waals surface area (Å²) in [4.78, 5) is 48.4. The van der Waals surface area contributed by atoms with E-state index < -0.39 is 16.1 Å². The lowest BCUT2D eigenvalue weighted by Gasteiger charge is -2.11. The Balaban J connectivity index is 1.85. The number of rotatable bonds is 7. The van der Waals surface area contributed by atoms with Crippen LogP contribution in [0.25, 0.3) is 11.8 Å². The average molecular weight is 442 g/mol. The van der Waals surface area contributed by atoms with Crippen LogP contribution in [-0.2, 0) is 9.59 Å². The van der Waals surface area contributed by atoms with Crippen molar-refractivity contribution in [3.63, 3.8) is 0 Å². The van der Waals surface area contributed by atoms with Gasteiger partial charge in [-0.15, -0.1) is 0 Å². The molecule has 0 atom stereocenters. The Hall–Kier alpha value is -3.40. The number of thioether (sulfide) groups is 1. The van der Waals surface area contributed by atoms with Gasteiger partial charge in [-0.2, -0.15) is 0 Å². The second-order valence-corrected chi connectivity index (χ2v) is 8.05. The van der Waals surface area contributed by atoms with E-state index in [9.17, 15) is 24.5 Å². The van der Waals surface area contributed by atoms with Crippen LogP contribution in [0, 0.1) is 24.0 Å². The molecule has 31 heavy (non-hydrogen) atoms. The molecule has 9 nitrogen and oxygen atoms in total. The number of carbonyl (C=O) groups is 3. The highest BCUT2D eigenvalue weighted by atomic mass is 32.2. The van der Waals surface area contributed by atoms with E-state index in [1.165, 1.54) is 12.1 Å². The Morgan fingerprint density at radius 1 is 1.23 bits per heavy atom. The molecule has 2 heterocycles. The molecule has 1 aromatic carbocycles. The van der Waals surface area contributed by atoms with Gasteiger partial charge in [-0.1, -0.05) is 6.92 Å². The maximum atomic E-state index is 12.7. The molecular weight excluding hydrogens is 420 g/mol. The van der Waals surface area contributed by atoms with Crippen LogP contribution in [0.1, 0.15) is 30.3 Å². The molecule has 0 bridgehead atoms. The number of hydrogen-bond donors (Lipinski definition) is 1. The quantitative estimate of drug-likeness (QED) is 0.398. The molecule has 1 fully saturated rings. The minimum Gasteiger partial charge on any atom is -0.355 e. The van der Waals surface area contributed by atoms with Crippen LogP contribution in [-0.4, -0.2) is 44.5 Å². The third-order valence-corrected chi connectivity index (χ3v) is 5.73. The van der Waals surface area contributed by atoms with Gasteiger partial charge in [-0.05, 0) is 61.9 Å². The first-order valence-corrected chi connectivity index (χ1v) is 10.5. The first-order chi connectivity index (χ1) is 14.7. The molecule has 3 amide bonds. The van der Waals surface area contributed by atoms with Gasteiger partial charge in [0.2, 0.25) is 5.91 Å². The van der Waals surface area contributed by atoms with Crippen molar-refractivity contribution >= 4 is 40.6 Å². The predicted molar refractivity (Wildman–Crippen MR) is 118 cm³/mol. The van der Waals surface area contributed by atoms with Crippen molar-refractivity contribution in [1.29, 1.82) is 0 Å². The largest absolute Gasteiger partial charge is 0.355 e. The fourth-order valence-electron chi connectivity index (χ4n) is 3.30. The van der Waals surface area contributed by atoms with E-state index in [0.717, 1.165) is 45.7 Å². The van der Waals surface area contributed by atoms with Gasteiger partial charge in [0.1, 0.15) is 6.54 Å². The van der Waals surface area contributed by atoms with Gasteiger partial charge in [0.15, 0.2) is 0 Å². The van der Waals surface area contributed by atoms with Crippen LogP contribution in [0.4, 0.5) is 10.5 Å². The molecule has 3 rings (SSSR count). The number of imide groups is 1. The average Bonchev–Trinajstić information content (AvgIpc) is 3.16. The minimum absolute atomic E-state index is 0.00286. The van der Waals surface area contributed by atoms with Crippen LogP contribution in [0.5, 0.6) is 0 Å². The summed E-state index contributed by atoms with van der Waals surface area (Å²) >= 11 is 0.802. The van der Waals surface area contributed by atoms with Gasteiger partial charge < -0.3 is 9.88 Å². The topological polar surface area (TPSA) is 115 Å². The Labute approximate surface area is 183 Å². The number of non-ortho nitro benzene ring substituents is 1. The number of carbonyl (C=O) groups excluding carboxylic acids is 3. The van der Waals surface area contributed by atoms with Gasteiger partial charge in [-0.25, -0.2) is 0 Å². The standard InChI is InChI=1S/C21H22N4O5S/c1-4-9-22-19(26)12-23-20(27)18(31-21(23)28)11-15-10-13(2)24(14(15)3)16-5-7-17(8-6-16)25(29)30/h5-8,10-11H,4,9,12H2,1-3H3,(H,22,26)/b18-11-. The molecule has 162 valence electrons. The lowest BCUT2D eigenvalue weighted by Crippen LogP contribution is -2.39. The van der Waals surface area contributed by atoms with Crippen LogP contribution < -0.4 is 5.32 Å². The normalized spacial score (nSPS) is 15.1. The first-order valence-electron chi connectivity index (χ1n) is 9.68. The summed E-state index contributed by atoms with van der Waals surface area (Å²) in [5.41, 5.74) is 3.19. The number of aromatic nitrogens is 1. The molecule has 1 saturated heterocycles. The number of nitro benzene ring substituents is 1. The van der Waals surface area contributed by atoms with E-state index in [4.69, 9.17) is 0 Å². The summed E-state index contributed by atoms with van der Waals surface area (Å²) in [6.45, 7) is 5.85. The Kier molecular flexibility index (Phi) is 6.59. The second kappa shape index (κ2) is 9.17. The molecule has 0 spiro atoms. The highest BCUT2D eigenvalue weighted by Gasteiger charge is 2.36. The fourth-order valence-corrected chi connectivity index (χ4v) is 4.13. The molecule has 0 unspecified atom stereocenters. The van der Waals surface area contributed by atoms with E-state index in [1.54, 1.807) is 18.2 Å². The maximum absolute atomic E-state index is 12.7. The van der Waals surface area contributed by atoms with Gasteiger partial charge in [0.25, 0.3) is 16.8 Å². The van der Waals surface area contributed by atoms with E-state index in [1.807, 2.05) is 31.4 Å². The molecule has 2 aromatic rings. The molecule has 1 aliphatic rings. The Morgan fingerprint density at radius 3 is 2.52 bits per heavy atom. The van der Waals surface area contributed by atoms with Gasteiger partial charge >= 0.3 is 0 Å². The number of nitrogens with zero attached hydrogens (tertiary/aromatic N) is 3. The number of nitrogens with one attached hydrogen (secondary N) is 1. The fraction of sp³-hybridized carbons (Fsp3) is 0.286. The summed E-state index contributed by atoms with van der Waals surface area (Å²) in [5, 5.41) is 13.1. The van der Waals surface area contributed by atoms with Crippen LogP contribution in [0.3, 0.4) is 0 Å². The van der Waals surface area contributed by atoms with E-state index in [-0.39, 0.29) is 23.0 Å². The lowest BCUT2D eigenvalue weighted by atomic mass is 10.2. The SMILES string of the molecule is CCCNC(=O)CN1C(=O)S/C(=C\c2cc(C)n(-c3ccc([N+](=O)[O-])cc3)c2C)C1=O. The highest BCUT2D eigenvalue weighted by molar-refractivity contribution is 8.18. The number of amides is 3. The molecule has 0 radical (unpaired) electrons. The van der Waals surface area contributed by atoms with Crippen molar-refractivity contribution < 1.29 is 19.3 Å². The summed E-state index contributed by atoms with van der Waals surface area (Å²) in [6, 6.07) is 8.06. The van der Waals surface area contributed by atoms with Crippen LogP contribution in [0.2, 0.25) is 0 Å². The number of aryl methyl sites for hydroxylation is 1. The molecule has 0 aliphatic carbocycles. The number of benzene rings is 1. The monoisotopic (exact) mass is 442 g/mol. The molecule has 1 aliphatic heterocycles. The first kappa shape index (κ1) is 22.3. The Morgan fingerprint density at radius 2 is 1.90 bits per heavy atom. The van der Waals surface area contributed by atoms with Gasteiger partial charge in [0, 0.05) is 35.8 Å². The van der Waals surface area contributed by atoms with E-state index in [2.05, 4.69) is 5.32 Å². The molecular formula is C21H22N4O5S. The van der Waals surface area contributed by atoms with Crippen molar-refractivity contribution in [3.05, 3.63) is 62.3 Å². The third kappa shape index (κ3) is 4.69. The zero-order valence-electron chi connectivity index (χ0n) is 17.4. The number of nitro groups is 1. The van der Waals surface area contributed by atoms with Crippen molar-refractivity contribution in [1.82, 2.24) is 14.8 Å². The van der Waals surface area contributed by atoms with Gasteiger partial charge in [0.05, 0.1) is 9.83 Å². The van der Waals surface area contributed by atoms with Crippen molar-refractivity contribution in [2.75, 3.05) is 13.1 Å². The van der Waals surface area contributed by atoms with Gasteiger partial charge in [-0.3, -0.25) is 29.4 Å². The minimum atomic E-state index is -0.498. The van der Waals surface area contributed by atoms with E-state index >= 15 is 0 Å². The summed E-state index contributed by atoms with van der Waals surface area (Å²) < 4.78 is 1.91. The third-order valence-electron chi connectivity index (χ3n) is 4.82. The zero-order chi connectivity index (χ0) is 22.7. The van der Waals surface area contributed by atoms with Crippen molar-refractivity contribution in [2.24, 2.45) is 0 Å². The number of hydrogen-bond acceptors (Lipinski definition) is 6. The molecule has 1 N–H and O–H groups in total. The maximum Gasteiger partial charge on any atom is 0.294 e. The molecule has 0 saturated carbocycles. The molecule has 1 aromatic heterocycles. The second-order valence-electron chi connectivity index (χ2n) is 7.05. The predicted octanol–water partition coefficient (Wildman–Crippen LogP) is 3.56. The van der Waals surface area contributed by atoms with Crippen molar-refractivity contribution in [2.45, 2.75) is 27.2 Å². The Bertz CT molecular complexity index is 1090. The summed E-state index contributed by atoms with van der Waals surface area (Å²) in [7, 11) is 0.